The average molecular weight is 596 g/mol. The van der Waals surface area contributed by atoms with Crippen molar-refractivity contribution in [2.24, 2.45) is 0 Å². The standard InChI is InChI=1S/C28H25IN2O5/c1-4-35-28(33)20-9-11-23(12-10-20)31-27(32)22(16-30)13-19-14-24(29)26(25(15-19)34-3)36-17-21-8-6-5-7-18(21)2/h5-15H,4,17H2,1-3H3,(H,31,32)/b22-13+. The lowest BCUT2D eigenvalue weighted by atomic mass is 10.1. The third kappa shape index (κ3) is 6.86. The van der Waals surface area contributed by atoms with Crippen molar-refractivity contribution in [2.75, 3.05) is 19.0 Å². The van der Waals surface area contributed by atoms with E-state index in [4.69, 9.17) is 14.2 Å². The largest absolute Gasteiger partial charge is 0.493 e. The van der Waals surface area contributed by atoms with Gasteiger partial charge in [0.1, 0.15) is 18.2 Å². The van der Waals surface area contributed by atoms with Crippen molar-refractivity contribution in [3.8, 4) is 17.6 Å². The minimum Gasteiger partial charge on any atom is -0.493 e. The van der Waals surface area contributed by atoms with Gasteiger partial charge in [0, 0.05) is 5.69 Å². The minimum atomic E-state index is -0.574. The number of halogens is 1. The first-order valence-electron chi connectivity index (χ1n) is 11.1. The van der Waals surface area contributed by atoms with E-state index < -0.39 is 11.9 Å². The van der Waals surface area contributed by atoms with E-state index in [0.717, 1.165) is 14.7 Å². The summed E-state index contributed by atoms with van der Waals surface area (Å²) in [5, 5.41) is 12.3. The average Bonchev–Trinajstić information content (AvgIpc) is 2.87. The van der Waals surface area contributed by atoms with Crippen LogP contribution in [-0.4, -0.2) is 25.6 Å². The van der Waals surface area contributed by atoms with Gasteiger partial charge in [-0.1, -0.05) is 24.3 Å². The van der Waals surface area contributed by atoms with E-state index in [1.54, 1.807) is 37.3 Å². The van der Waals surface area contributed by atoms with Gasteiger partial charge in [0.15, 0.2) is 11.5 Å². The second-order valence-corrected chi connectivity index (χ2v) is 8.83. The summed E-state index contributed by atoms with van der Waals surface area (Å²) in [6.45, 7) is 4.41. The molecule has 8 heteroatoms. The zero-order valence-electron chi connectivity index (χ0n) is 20.1. The number of hydrogen-bond donors (Lipinski definition) is 1. The molecular formula is C28H25IN2O5. The molecule has 0 bridgehead atoms. The Morgan fingerprint density at radius 2 is 1.83 bits per heavy atom. The Morgan fingerprint density at radius 3 is 2.47 bits per heavy atom. The van der Waals surface area contributed by atoms with Crippen LogP contribution in [-0.2, 0) is 16.1 Å². The second-order valence-electron chi connectivity index (χ2n) is 7.67. The summed E-state index contributed by atoms with van der Waals surface area (Å²) in [6.07, 6.45) is 1.48. The Hall–Kier alpha value is -3.84. The zero-order valence-corrected chi connectivity index (χ0v) is 22.3. The molecule has 0 saturated heterocycles. The Labute approximate surface area is 223 Å². The van der Waals surface area contributed by atoms with Crippen LogP contribution in [0.2, 0.25) is 0 Å². The summed E-state index contributed by atoms with van der Waals surface area (Å²) in [4.78, 5) is 24.5. The molecule has 0 radical (unpaired) electrons. The van der Waals surface area contributed by atoms with E-state index in [0.29, 0.717) is 34.9 Å². The summed E-state index contributed by atoms with van der Waals surface area (Å²) in [5.74, 6) is 0.0650. The fourth-order valence-electron chi connectivity index (χ4n) is 3.30. The van der Waals surface area contributed by atoms with Crippen LogP contribution in [0.3, 0.4) is 0 Å². The first-order chi connectivity index (χ1) is 17.4. The Kier molecular flexibility index (Phi) is 9.47. The molecular weight excluding hydrogens is 571 g/mol. The zero-order chi connectivity index (χ0) is 26.1. The van der Waals surface area contributed by atoms with Crippen LogP contribution in [0.15, 0.2) is 66.2 Å². The first-order valence-corrected chi connectivity index (χ1v) is 12.2. The summed E-state index contributed by atoms with van der Waals surface area (Å²) in [6, 6.07) is 19.7. The number of rotatable bonds is 9. The maximum absolute atomic E-state index is 12.7. The number of benzene rings is 3. The lowest BCUT2D eigenvalue weighted by Gasteiger charge is -2.15. The molecule has 0 spiro atoms. The van der Waals surface area contributed by atoms with Gasteiger partial charge >= 0.3 is 5.97 Å². The van der Waals surface area contributed by atoms with Crippen LogP contribution in [0.4, 0.5) is 5.69 Å². The number of carbonyl (C=O) groups excluding carboxylic acids is 2. The molecule has 1 N–H and O–H groups in total. The normalized spacial score (nSPS) is 10.8. The molecule has 0 aliphatic heterocycles. The highest BCUT2D eigenvalue weighted by atomic mass is 127. The van der Waals surface area contributed by atoms with Gasteiger partial charge in [0.05, 0.1) is 22.9 Å². The highest BCUT2D eigenvalue weighted by Gasteiger charge is 2.15. The van der Waals surface area contributed by atoms with Crippen molar-refractivity contribution in [2.45, 2.75) is 20.5 Å². The van der Waals surface area contributed by atoms with Crippen molar-refractivity contribution in [1.29, 1.82) is 5.26 Å². The number of anilines is 1. The topological polar surface area (TPSA) is 97.7 Å². The third-order valence-corrected chi connectivity index (χ3v) is 6.02. The molecule has 0 atom stereocenters. The molecule has 0 unspecified atom stereocenters. The number of nitrogens with zero attached hydrogens (tertiary/aromatic N) is 1. The molecule has 1 amide bonds. The first kappa shape index (κ1) is 26.8. The van der Waals surface area contributed by atoms with Crippen molar-refractivity contribution < 1.29 is 23.8 Å². The number of nitriles is 1. The number of carbonyl (C=O) groups is 2. The van der Waals surface area contributed by atoms with E-state index in [1.165, 1.54) is 13.2 Å². The third-order valence-electron chi connectivity index (χ3n) is 5.22. The van der Waals surface area contributed by atoms with Crippen molar-refractivity contribution >= 4 is 46.2 Å². The van der Waals surface area contributed by atoms with Crippen molar-refractivity contribution in [1.82, 2.24) is 0 Å². The molecule has 0 fully saturated rings. The van der Waals surface area contributed by atoms with Gasteiger partial charge in [0.2, 0.25) is 0 Å². The van der Waals surface area contributed by atoms with Gasteiger partial charge in [-0.25, -0.2) is 4.79 Å². The van der Waals surface area contributed by atoms with Crippen LogP contribution < -0.4 is 14.8 Å². The molecule has 36 heavy (non-hydrogen) atoms. The maximum atomic E-state index is 12.7. The highest BCUT2D eigenvalue weighted by Crippen LogP contribution is 2.35. The fraction of sp³-hybridized carbons (Fsp3) is 0.179. The monoisotopic (exact) mass is 596 g/mol. The number of nitrogens with one attached hydrogen (secondary N) is 1. The van der Waals surface area contributed by atoms with Gasteiger partial charge in [-0.3, -0.25) is 4.79 Å². The number of amides is 1. The molecule has 0 aromatic heterocycles. The van der Waals surface area contributed by atoms with E-state index in [1.807, 2.05) is 43.3 Å². The lowest BCUT2D eigenvalue weighted by molar-refractivity contribution is -0.112. The minimum absolute atomic E-state index is 0.0871. The molecule has 0 heterocycles. The highest BCUT2D eigenvalue weighted by molar-refractivity contribution is 14.1. The van der Waals surface area contributed by atoms with E-state index >= 15 is 0 Å². The number of hydrogen-bond acceptors (Lipinski definition) is 6. The molecule has 3 aromatic carbocycles. The van der Waals surface area contributed by atoms with E-state index in [9.17, 15) is 14.9 Å². The lowest BCUT2D eigenvalue weighted by Crippen LogP contribution is -2.13. The Balaban J connectivity index is 1.77. The molecule has 3 rings (SSSR count). The summed E-state index contributed by atoms with van der Waals surface area (Å²) in [5.41, 5.74) is 3.54. The number of methoxy groups -OCH3 is 1. The van der Waals surface area contributed by atoms with Crippen LogP contribution in [0.1, 0.15) is 34.0 Å². The predicted octanol–water partition coefficient (Wildman–Crippen LogP) is 5.91. The smallest absolute Gasteiger partial charge is 0.338 e. The van der Waals surface area contributed by atoms with Gasteiger partial charge in [0.25, 0.3) is 5.91 Å². The summed E-state index contributed by atoms with van der Waals surface area (Å²) >= 11 is 2.14. The molecule has 184 valence electrons. The molecule has 0 aliphatic rings. The molecule has 0 aliphatic carbocycles. The SMILES string of the molecule is CCOC(=O)c1ccc(NC(=O)/C(C#N)=C/c2cc(I)c(OCc3ccccc3C)c(OC)c2)cc1. The van der Waals surface area contributed by atoms with Gasteiger partial charge in [-0.15, -0.1) is 0 Å². The fourth-order valence-corrected chi connectivity index (χ4v) is 4.08. The Morgan fingerprint density at radius 1 is 1.11 bits per heavy atom. The van der Waals surface area contributed by atoms with Gasteiger partial charge in [-0.05, 0) is 95.6 Å². The summed E-state index contributed by atoms with van der Waals surface area (Å²) in [7, 11) is 1.54. The number of aryl methyl sites for hydroxylation is 1. The number of ether oxygens (including phenoxy) is 3. The van der Waals surface area contributed by atoms with Crippen LogP contribution in [0.5, 0.6) is 11.5 Å². The van der Waals surface area contributed by atoms with Crippen molar-refractivity contribution in [3.05, 3.63) is 92.1 Å². The summed E-state index contributed by atoms with van der Waals surface area (Å²) < 4.78 is 17.3. The second kappa shape index (κ2) is 12.7. The molecule has 3 aromatic rings. The maximum Gasteiger partial charge on any atom is 0.338 e. The van der Waals surface area contributed by atoms with Gasteiger partial charge < -0.3 is 19.5 Å². The van der Waals surface area contributed by atoms with Crippen LogP contribution in [0, 0.1) is 21.8 Å². The number of esters is 1. The Bertz CT molecular complexity index is 1330. The van der Waals surface area contributed by atoms with E-state index in [-0.39, 0.29) is 12.2 Å². The van der Waals surface area contributed by atoms with Gasteiger partial charge in [-0.2, -0.15) is 5.26 Å². The quantitative estimate of drug-likeness (QED) is 0.143. The van der Waals surface area contributed by atoms with Crippen LogP contribution >= 0.6 is 22.6 Å². The molecule has 0 saturated carbocycles. The molecule has 7 nitrogen and oxygen atoms in total. The van der Waals surface area contributed by atoms with E-state index in [2.05, 4.69) is 27.9 Å². The van der Waals surface area contributed by atoms with Crippen LogP contribution in [0.25, 0.3) is 6.08 Å². The van der Waals surface area contributed by atoms with Crippen molar-refractivity contribution in [3.63, 3.8) is 0 Å². The predicted molar refractivity (Wildman–Crippen MR) is 146 cm³/mol.